The van der Waals surface area contributed by atoms with Crippen molar-refractivity contribution in [1.82, 2.24) is 15.6 Å². The Labute approximate surface area is 185 Å². The van der Waals surface area contributed by atoms with Crippen molar-refractivity contribution in [2.45, 2.75) is 57.7 Å². The third kappa shape index (κ3) is 7.29. The van der Waals surface area contributed by atoms with Gasteiger partial charge in [-0.3, -0.25) is 4.79 Å². The fourth-order valence-corrected chi connectivity index (χ4v) is 3.10. The minimum atomic E-state index is -1.18. The second-order valence-electron chi connectivity index (χ2n) is 8.28. The number of para-hydroxylation sites is 1. The molecule has 0 unspecified atom stereocenters. The zero-order valence-electron chi connectivity index (χ0n) is 18.6. The zero-order valence-corrected chi connectivity index (χ0v) is 18.6. The molecular formula is C22H29N3O7. The second kappa shape index (κ2) is 10.7. The van der Waals surface area contributed by atoms with Crippen molar-refractivity contribution in [3.05, 3.63) is 36.0 Å². The Morgan fingerprint density at radius 2 is 1.78 bits per heavy atom. The lowest BCUT2D eigenvalue weighted by Gasteiger charge is -2.22. The average molecular weight is 447 g/mol. The Morgan fingerprint density at radius 1 is 1.09 bits per heavy atom. The quantitative estimate of drug-likeness (QED) is 0.431. The van der Waals surface area contributed by atoms with E-state index >= 15 is 0 Å². The number of hydrogen-bond donors (Lipinski definition) is 4. The molecule has 0 spiro atoms. The van der Waals surface area contributed by atoms with Gasteiger partial charge in [-0.1, -0.05) is 18.2 Å². The molecule has 2 rings (SSSR count). The fraction of sp³-hybridized carbons (Fsp3) is 0.455. The summed E-state index contributed by atoms with van der Waals surface area (Å²) in [7, 11) is 1.16. The molecule has 0 fully saturated rings. The van der Waals surface area contributed by atoms with Crippen LogP contribution in [0.4, 0.5) is 4.79 Å². The summed E-state index contributed by atoms with van der Waals surface area (Å²) in [6.07, 6.45) is 0.688. The predicted octanol–water partition coefficient (Wildman–Crippen LogP) is 2.13. The van der Waals surface area contributed by atoms with Crippen LogP contribution < -0.4 is 10.6 Å². The number of amides is 2. The zero-order chi connectivity index (χ0) is 23.9. The van der Waals surface area contributed by atoms with Gasteiger partial charge in [0.2, 0.25) is 5.91 Å². The first-order valence-corrected chi connectivity index (χ1v) is 10.1. The number of carbonyl (C=O) groups is 4. The SMILES string of the molecule is COC(=O)[C@@H](CCC(=O)N[C@H](Cc1c[nH]c2ccccc12)C(=O)O)NC(=O)OC(C)(C)C. The highest BCUT2D eigenvalue weighted by molar-refractivity contribution is 5.87. The first-order valence-electron chi connectivity index (χ1n) is 10.1. The van der Waals surface area contributed by atoms with Crippen LogP contribution in [0.5, 0.6) is 0 Å². The van der Waals surface area contributed by atoms with E-state index in [0.29, 0.717) is 0 Å². The summed E-state index contributed by atoms with van der Waals surface area (Å²) in [6, 6.07) is 5.18. The summed E-state index contributed by atoms with van der Waals surface area (Å²) in [5.74, 6) is -2.49. The van der Waals surface area contributed by atoms with Crippen molar-refractivity contribution in [2.75, 3.05) is 7.11 Å². The summed E-state index contributed by atoms with van der Waals surface area (Å²) in [4.78, 5) is 51.1. The van der Waals surface area contributed by atoms with Crippen LogP contribution in [0.2, 0.25) is 0 Å². The number of H-pyrrole nitrogens is 1. The Hall–Kier alpha value is -3.56. The minimum absolute atomic E-state index is 0.0850. The number of hydrogen-bond acceptors (Lipinski definition) is 6. The number of methoxy groups -OCH3 is 1. The summed E-state index contributed by atoms with van der Waals surface area (Å²) in [5, 5.41) is 15.3. The number of carboxylic acid groups (broad SMARTS) is 1. The van der Waals surface area contributed by atoms with Crippen LogP contribution >= 0.6 is 0 Å². The van der Waals surface area contributed by atoms with Crippen LogP contribution in [0.15, 0.2) is 30.5 Å². The summed E-state index contributed by atoms with van der Waals surface area (Å²) in [6.45, 7) is 5.02. The van der Waals surface area contributed by atoms with Crippen LogP contribution in [-0.2, 0) is 30.3 Å². The van der Waals surface area contributed by atoms with Gasteiger partial charge in [0.05, 0.1) is 7.11 Å². The van der Waals surface area contributed by atoms with Gasteiger partial charge in [0, 0.05) is 29.9 Å². The van der Waals surface area contributed by atoms with Gasteiger partial charge in [0.25, 0.3) is 0 Å². The molecule has 0 aliphatic carbocycles. The first kappa shape index (κ1) is 24.7. The number of rotatable bonds is 9. The van der Waals surface area contributed by atoms with E-state index in [1.165, 1.54) is 0 Å². The number of aliphatic carboxylic acids is 1. The number of fused-ring (bicyclic) bond motifs is 1. The van der Waals surface area contributed by atoms with Crippen molar-refractivity contribution < 1.29 is 33.8 Å². The Bertz CT molecular complexity index is 977. The molecule has 10 heteroatoms. The topological polar surface area (TPSA) is 147 Å². The minimum Gasteiger partial charge on any atom is -0.480 e. The molecular weight excluding hydrogens is 418 g/mol. The maximum Gasteiger partial charge on any atom is 0.408 e. The molecule has 10 nitrogen and oxygen atoms in total. The molecule has 4 N–H and O–H groups in total. The Morgan fingerprint density at radius 3 is 2.41 bits per heavy atom. The average Bonchev–Trinajstić information content (AvgIpc) is 3.11. The lowest BCUT2D eigenvalue weighted by molar-refractivity contribution is -0.144. The smallest absolute Gasteiger partial charge is 0.408 e. The van der Waals surface area contributed by atoms with Crippen LogP contribution in [0, 0.1) is 0 Å². The highest BCUT2D eigenvalue weighted by Crippen LogP contribution is 2.19. The summed E-state index contributed by atoms with van der Waals surface area (Å²) in [5.41, 5.74) is 0.860. The largest absolute Gasteiger partial charge is 0.480 e. The van der Waals surface area contributed by atoms with Crippen molar-refractivity contribution in [2.24, 2.45) is 0 Å². The maximum atomic E-state index is 12.4. The second-order valence-corrected chi connectivity index (χ2v) is 8.28. The molecule has 0 saturated carbocycles. The highest BCUT2D eigenvalue weighted by atomic mass is 16.6. The number of ether oxygens (including phenoxy) is 2. The molecule has 0 aliphatic heterocycles. The number of carbonyl (C=O) groups excluding carboxylic acids is 3. The van der Waals surface area contributed by atoms with Gasteiger partial charge in [0.15, 0.2) is 0 Å². The van der Waals surface area contributed by atoms with E-state index in [2.05, 4.69) is 20.4 Å². The van der Waals surface area contributed by atoms with Crippen molar-refractivity contribution >= 4 is 34.8 Å². The van der Waals surface area contributed by atoms with E-state index in [-0.39, 0.29) is 19.3 Å². The lowest BCUT2D eigenvalue weighted by atomic mass is 10.0. The van der Waals surface area contributed by atoms with E-state index < -0.39 is 41.6 Å². The fourth-order valence-electron chi connectivity index (χ4n) is 3.10. The van der Waals surface area contributed by atoms with Crippen LogP contribution in [0.1, 0.15) is 39.2 Å². The van der Waals surface area contributed by atoms with Crippen LogP contribution in [0.25, 0.3) is 10.9 Å². The van der Waals surface area contributed by atoms with E-state index in [1.807, 2.05) is 24.3 Å². The molecule has 2 aromatic rings. The van der Waals surface area contributed by atoms with Gasteiger partial charge in [-0.05, 0) is 38.8 Å². The van der Waals surface area contributed by atoms with Gasteiger partial charge in [-0.25, -0.2) is 14.4 Å². The number of aromatic amines is 1. The predicted molar refractivity (Wildman–Crippen MR) is 116 cm³/mol. The van der Waals surface area contributed by atoms with Crippen molar-refractivity contribution in [1.29, 1.82) is 0 Å². The molecule has 2 atom stereocenters. The Balaban J connectivity index is 1.98. The number of carboxylic acids is 1. The van der Waals surface area contributed by atoms with Gasteiger partial charge in [0.1, 0.15) is 17.7 Å². The van der Waals surface area contributed by atoms with E-state index in [9.17, 15) is 24.3 Å². The molecule has 32 heavy (non-hydrogen) atoms. The van der Waals surface area contributed by atoms with Crippen LogP contribution in [-0.4, -0.2) is 58.8 Å². The van der Waals surface area contributed by atoms with Gasteiger partial charge in [-0.2, -0.15) is 0 Å². The maximum absolute atomic E-state index is 12.4. The standard InChI is InChI=1S/C22H29N3O7/c1-22(2,3)32-21(30)25-16(20(29)31-4)9-10-18(26)24-17(19(27)28)11-13-12-23-15-8-6-5-7-14(13)15/h5-8,12,16-17,23H,9-11H2,1-4H3,(H,24,26)(H,25,30)(H,27,28)/t16-,17-/m1/s1. The first-order chi connectivity index (χ1) is 15.0. The molecule has 2 amide bonds. The van der Waals surface area contributed by atoms with E-state index in [4.69, 9.17) is 4.74 Å². The molecule has 0 bridgehead atoms. The summed E-state index contributed by atoms with van der Waals surface area (Å²) >= 11 is 0. The molecule has 0 saturated heterocycles. The molecule has 1 aromatic carbocycles. The Kier molecular flexibility index (Phi) is 8.22. The van der Waals surface area contributed by atoms with Gasteiger partial charge < -0.3 is 30.2 Å². The summed E-state index contributed by atoms with van der Waals surface area (Å²) < 4.78 is 9.79. The van der Waals surface area contributed by atoms with Crippen molar-refractivity contribution in [3.8, 4) is 0 Å². The molecule has 0 radical (unpaired) electrons. The third-order valence-electron chi connectivity index (χ3n) is 4.57. The highest BCUT2D eigenvalue weighted by Gasteiger charge is 2.27. The van der Waals surface area contributed by atoms with Gasteiger partial charge in [-0.15, -0.1) is 0 Å². The molecule has 174 valence electrons. The third-order valence-corrected chi connectivity index (χ3v) is 4.57. The van der Waals surface area contributed by atoms with Gasteiger partial charge >= 0.3 is 18.0 Å². The normalized spacial score (nSPS) is 13.1. The monoisotopic (exact) mass is 447 g/mol. The molecule has 1 aromatic heterocycles. The van der Waals surface area contributed by atoms with Crippen molar-refractivity contribution in [3.63, 3.8) is 0 Å². The number of nitrogens with one attached hydrogen (secondary N) is 3. The van der Waals surface area contributed by atoms with E-state index in [0.717, 1.165) is 23.6 Å². The number of benzene rings is 1. The lowest BCUT2D eigenvalue weighted by Crippen LogP contribution is -2.46. The molecule has 1 heterocycles. The van der Waals surface area contributed by atoms with Crippen LogP contribution in [0.3, 0.4) is 0 Å². The number of aromatic nitrogens is 1. The van der Waals surface area contributed by atoms with E-state index in [1.54, 1.807) is 27.0 Å². The number of esters is 1. The molecule has 0 aliphatic rings. The number of alkyl carbamates (subject to hydrolysis) is 1.